The summed E-state index contributed by atoms with van der Waals surface area (Å²) < 4.78 is 5.08. The molecule has 2 heteroatoms. The molecule has 1 N–H and O–H groups in total. The van der Waals surface area contributed by atoms with E-state index in [1.54, 1.807) is 7.11 Å². The first-order valence-corrected chi connectivity index (χ1v) is 4.95. The molecule has 78 valence electrons. The molecule has 0 fully saturated rings. The molecule has 0 radical (unpaired) electrons. The van der Waals surface area contributed by atoms with Crippen molar-refractivity contribution in [1.29, 1.82) is 0 Å². The summed E-state index contributed by atoms with van der Waals surface area (Å²) in [6.07, 6.45) is 0.555. The van der Waals surface area contributed by atoms with Gasteiger partial charge in [0.25, 0.3) is 0 Å². The summed E-state index contributed by atoms with van der Waals surface area (Å²) in [6.45, 7) is 3.94. The molecule has 0 spiro atoms. The van der Waals surface area contributed by atoms with Crippen LogP contribution in [0.1, 0.15) is 31.7 Å². The number of hydrogen-bond donors (Lipinski definition) is 1. The Kier molecular flexibility index (Phi) is 3.96. The molecule has 1 rings (SSSR count). The van der Waals surface area contributed by atoms with E-state index < -0.39 is 0 Å². The van der Waals surface area contributed by atoms with Crippen molar-refractivity contribution in [3.8, 4) is 5.75 Å². The van der Waals surface area contributed by atoms with Gasteiger partial charge in [-0.2, -0.15) is 0 Å². The molecule has 0 saturated carbocycles. The molecule has 0 aromatic heterocycles. The second-order valence-corrected chi connectivity index (χ2v) is 3.76. The van der Waals surface area contributed by atoms with Crippen LogP contribution in [-0.4, -0.2) is 18.3 Å². The van der Waals surface area contributed by atoms with Crippen LogP contribution in [0.5, 0.6) is 5.75 Å². The summed E-state index contributed by atoms with van der Waals surface area (Å²) >= 11 is 0. The van der Waals surface area contributed by atoms with Crippen LogP contribution in [-0.2, 0) is 0 Å². The Labute approximate surface area is 85.5 Å². The van der Waals surface area contributed by atoms with Gasteiger partial charge < -0.3 is 9.84 Å². The van der Waals surface area contributed by atoms with Crippen molar-refractivity contribution in [2.24, 2.45) is 0 Å². The van der Waals surface area contributed by atoms with Crippen LogP contribution < -0.4 is 4.74 Å². The summed E-state index contributed by atoms with van der Waals surface area (Å²) in [5, 5.41) is 9.26. The van der Waals surface area contributed by atoms with Gasteiger partial charge in [0.05, 0.1) is 13.2 Å². The van der Waals surface area contributed by atoms with E-state index in [0.717, 1.165) is 12.2 Å². The lowest BCUT2D eigenvalue weighted by atomic mass is 9.95. The number of aliphatic hydroxyl groups excluding tert-OH is 1. The van der Waals surface area contributed by atoms with Crippen molar-refractivity contribution in [2.75, 3.05) is 7.11 Å². The third-order valence-electron chi connectivity index (χ3n) is 2.38. The minimum Gasteiger partial charge on any atom is -0.497 e. The van der Waals surface area contributed by atoms with Crippen molar-refractivity contribution in [2.45, 2.75) is 32.3 Å². The van der Waals surface area contributed by atoms with E-state index >= 15 is 0 Å². The fourth-order valence-corrected chi connectivity index (χ4v) is 1.58. The smallest absolute Gasteiger partial charge is 0.118 e. The quantitative estimate of drug-likeness (QED) is 0.798. The average molecular weight is 194 g/mol. The molecule has 0 saturated heterocycles. The fraction of sp³-hybridized carbons (Fsp3) is 0.500. The summed E-state index contributed by atoms with van der Waals surface area (Å²) in [7, 11) is 1.66. The Morgan fingerprint density at radius 1 is 1.21 bits per heavy atom. The molecule has 0 amide bonds. The lowest BCUT2D eigenvalue weighted by Crippen LogP contribution is -2.05. The van der Waals surface area contributed by atoms with E-state index in [-0.39, 0.29) is 6.10 Å². The first-order valence-electron chi connectivity index (χ1n) is 4.95. The van der Waals surface area contributed by atoms with E-state index in [2.05, 4.69) is 6.92 Å². The van der Waals surface area contributed by atoms with E-state index in [9.17, 15) is 5.11 Å². The Bertz CT molecular complexity index is 264. The van der Waals surface area contributed by atoms with Crippen molar-refractivity contribution in [1.82, 2.24) is 0 Å². The molecule has 1 aromatic rings. The van der Waals surface area contributed by atoms with Gasteiger partial charge in [-0.05, 0) is 37.0 Å². The summed E-state index contributed by atoms with van der Waals surface area (Å²) in [5.41, 5.74) is 1.24. The Hall–Kier alpha value is -1.02. The van der Waals surface area contributed by atoms with E-state index in [1.165, 1.54) is 5.56 Å². The average Bonchev–Trinajstić information content (AvgIpc) is 2.17. The summed E-state index contributed by atoms with van der Waals surface area (Å²) in [4.78, 5) is 0. The van der Waals surface area contributed by atoms with Crippen LogP contribution in [0.15, 0.2) is 24.3 Å². The Balaban J connectivity index is 2.66. The molecule has 2 unspecified atom stereocenters. The highest BCUT2D eigenvalue weighted by Crippen LogP contribution is 2.22. The van der Waals surface area contributed by atoms with Crippen molar-refractivity contribution >= 4 is 0 Å². The first kappa shape index (κ1) is 11.1. The van der Waals surface area contributed by atoms with Gasteiger partial charge >= 0.3 is 0 Å². The minimum atomic E-state index is -0.243. The van der Waals surface area contributed by atoms with Crippen LogP contribution in [0.2, 0.25) is 0 Å². The van der Waals surface area contributed by atoms with Crippen LogP contribution >= 0.6 is 0 Å². The van der Waals surface area contributed by atoms with Gasteiger partial charge in [-0.15, -0.1) is 0 Å². The second kappa shape index (κ2) is 5.01. The lowest BCUT2D eigenvalue weighted by Gasteiger charge is -2.13. The van der Waals surface area contributed by atoms with Crippen LogP contribution in [0.3, 0.4) is 0 Å². The molecule has 0 aliphatic heterocycles. The highest BCUT2D eigenvalue weighted by molar-refractivity contribution is 5.29. The van der Waals surface area contributed by atoms with Crippen LogP contribution in [0.25, 0.3) is 0 Å². The van der Waals surface area contributed by atoms with Gasteiger partial charge in [0.1, 0.15) is 5.75 Å². The predicted octanol–water partition coefficient (Wildman–Crippen LogP) is 2.57. The Morgan fingerprint density at radius 3 is 2.21 bits per heavy atom. The van der Waals surface area contributed by atoms with Gasteiger partial charge in [0.15, 0.2) is 0 Å². The third-order valence-corrected chi connectivity index (χ3v) is 2.38. The molecule has 0 bridgehead atoms. The summed E-state index contributed by atoms with van der Waals surface area (Å²) in [6, 6.07) is 8.00. The van der Waals surface area contributed by atoms with Gasteiger partial charge in [0.2, 0.25) is 0 Å². The van der Waals surface area contributed by atoms with Crippen LogP contribution in [0.4, 0.5) is 0 Å². The van der Waals surface area contributed by atoms with Crippen molar-refractivity contribution in [3.05, 3.63) is 29.8 Å². The fourth-order valence-electron chi connectivity index (χ4n) is 1.58. The number of methoxy groups -OCH3 is 1. The number of aliphatic hydroxyl groups is 1. The normalized spacial score (nSPS) is 14.9. The SMILES string of the molecule is COc1ccc(C(C)CC(C)O)cc1. The van der Waals surface area contributed by atoms with Gasteiger partial charge in [-0.1, -0.05) is 19.1 Å². The number of hydrogen-bond acceptors (Lipinski definition) is 2. The maximum absolute atomic E-state index is 9.26. The van der Waals surface area contributed by atoms with Crippen LogP contribution in [0, 0.1) is 0 Å². The van der Waals surface area contributed by atoms with Gasteiger partial charge in [-0.3, -0.25) is 0 Å². The van der Waals surface area contributed by atoms with Crippen molar-refractivity contribution in [3.63, 3.8) is 0 Å². The summed E-state index contributed by atoms with van der Waals surface area (Å²) in [5.74, 6) is 1.26. The predicted molar refractivity (Wildman–Crippen MR) is 57.7 cm³/mol. The topological polar surface area (TPSA) is 29.5 Å². The minimum absolute atomic E-state index is 0.243. The lowest BCUT2D eigenvalue weighted by molar-refractivity contribution is 0.176. The first-order chi connectivity index (χ1) is 6.63. The van der Waals surface area contributed by atoms with E-state index in [4.69, 9.17) is 4.74 Å². The molecule has 0 heterocycles. The standard InChI is InChI=1S/C12H18O2/c1-9(8-10(2)13)11-4-6-12(14-3)7-5-11/h4-7,9-10,13H,8H2,1-3H3. The number of ether oxygens (including phenoxy) is 1. The van der Waals surface area contributed by atoms with E-state index in [0.29, 0.717) is 5.92 Å². The molecule has 0 aliphatic carbocycles. The molecule has 1 aromatic carbocycles. The largest absolute Gasteiger partial charge is 0.497 e. The highest BCUT2D eigenvalue weighted by atomic mass is 16.5. The maximum Gasteiger partial charge on any atom is 0.118 e. The van der Waals surface area contributed by atoms with Crippen molar-refractivity contribution < 1.29 is 9.84 Å². The molecule has 2 atom stereocenters. The zero-order chi connectivity index (χ0) is 10.6. The second-order valence-electron chi connectivity index (χ2n) is 3.76. The molecular formula is C12H18O2. The zero-order valence-electron chi connectivity index (χ0n) is 9.03. The zero-order valence-corrected chi connectivity index (χ0v) is 9.03. The van der Waals surface area contributed by atoms with Gasteiger partial charge in [0, 0.05) is 0 Å². The molecule has 0 aliphatic rings. The number of rotatable bonds is 4. The van der Waals surface area contributed by atoms with E-state index in [1.807, 2.05) is 31.2 Å². The molecule has 14 heavy (non-hydrogen) atoms. The monoisotopic (exact) mass is 194 g/mol. The molecular weight excluding hydrogens is 176 g/mol. The third kappa shape index (κ3) is 3.04. The van der Waals surface area contributed by atoms with Gasteiger partial charge in [-0.25, -0.2) is 0 Å². The number of benzene rings is 1. The molecule has 2 nitrogen and oxygen atoms in total. The maximum atomic E-state index is 9.26. The Morgan fingerprint density at radius 2 is 1.79 bits per heavy atom. The highest BCUT2D eigenvalue weighted by Gasteiger charge is 2.08.